The zero-order chi connectivity index (χ0) is 25.1. The number of aryl methyl sites for hydroxylation is 4. The molecule has 36 heavy (non-hydrogen) atoms. The fraction of sp³-hybridized carbons (Fsp3) is 0.333. The molecule has 4 aromatic rings. The molecule has 1 fully saturated rings. The first kappa shape index (κ1) is 23.3. The lowest BCUT2D eigenvalue weighted by Crippen LogP contribution is -2.46. The minimum atomic E-state index is 0.689. The van der Waals surface area contributed by atoms with Crippen LogP contribution in [0.25, 0.3) is 0 Å². The number of hydrogen-bond acceptors (Lipinski definition) is 8. The summed E-state index contributed by atoms with van der Waals surface area (Å²) in [6.45, 7) is 3.79. The zero-order valence-corrected chi connectivity index (χ0v) is 21.0. The van der Waals surface area contributed by atoms with Gasteiger partial charge in [0.05, 0.1) is 39.6 Å². The second-order valence-corrected chi connectivity index (χ2v) is 8.74. The molecule has 5 rings (SSSR count). The molecule has 0 aliphatic carbocycles. The van der Waals surface area contributed by atoms with Gasteiger partial charge >= 0.3 is 11.9 Å². The van der Waals surface area contributed by atoms with E-state index in [9.17, 15) is 0 Å². The third-order valence-electron chi connectivity index (χ3n) is 6.23. The number of anilines is 2. The maximum absolute atomic E-state index is 4.35. The topological polar surface area (TPSA) is 99.3 Å². The van der Waals surface area contributed by atoms with Crippen molar-refractivity contribution in [3.05, 3.63) is 61.2 Å². The third-order valence-corrected chi connectivity index (χ3v) is 6.23. The zero-order valence-electron chi connectivity index (χ0n) is 21.0. The lowest BCUT2D eigenvalue weighted by atomic mass is 10.2. The molecule has 184 valence electrons. The Balaban J connectivity index is 1.16. The predicted octanol–water partition coefficient (Wildman–Crippen LogP) is 2.96. The van der Waals surface area contributed by atoms with Gasteiger partial charge in [-0.1, -0.05) is 10.2 Å². The highest BCUT2D eigenvalue weighted by Gasteiger charge is 2.18. The largest absolute Gasteiger partial charge is 0.403 e. The molecule has 1 aliphatic rings. The van der Waals surface area contributed by atoms with Gasteiger partial charge in [0.25, 0.3) is 0 Å². The Morgan fingerprint density at radius 3 is 1.25 bits per heavy atom. The smallest absolute Gasteiger partial charge is 0.368 e. The lowest BCUT2D eigenvalue weighted by molar-refractivity contribution is -0.659. The Labute approximate surface area is 209 Å². The normalized spacial score (nSPS) is 14.4. The molecule has 1 aliphatic heterocycles. The summed E-state index contributed by atoms with van der Waals surface area (Å²) in [4.78, 5) is 4.80. The van der Waals surface area contributed by atoms with Gasteiger partial charge in [-0.2, -0.15) is 0 Å². The first-order valence-corrected chi connectivity index (χ1v) is 11.8. The summed E-state index contributed by atoms with van der Waals surface area (Å²) >= 11 is 0. The molecular weight excluding hydrogens is 456 g/mol. The second-order valence-electron chi connectivity index (χ2n) is 8.74. The Morgan fingerprint density at radius 2 is 0.944 bits per heavy atom. The van der Waals surface area contributed by atoms with Crippen molar-refractivity contribution in [3.8, 4) is 0 Å². The molecule has 0 saturated carbocycles. The van der Waals surface area contributed by atoms with E-state index in [1.807, 2.05) is 61.6 Å². The minimum absolute atomic E-state index is 0.689. The molecule has 0 unspecified atom stereocenters. The first-order valence-electron chi connectivity index (χ1n) is 11.8. The molecule has 2 aromatic heterocycles. The number of hydrogen-bond donors (Lipinski definition) is 0. The van der Waals surface area contributed by atoms with Crippen LogP contribution in [0.4, 0.5) is 34.6 Å². The fourth-order valence-corrected chi connectivity index (χ4v) is 4.13. The number of piperazine rings is 1. The monoisotopic (exact) mass is 486 g/mol. The van der Waals surface area contributed by atoms with E-state index in [1.165, 1.54) is 11.4 Å². The van der Waals surface area contributed by atoms with Crippen LogP contribution < -0.4 is 18.9 Å². The first-order chi connectivity index (χ1) is 17.5. The maximum atomic E-state index is 4.35. The number of azo groups is 2. The molecule has 0 amide bonds. The van der Waals surface area contributed by atoms with Crippen LogP contribution in [0, 0.1) is 0 Å². The van der Waals surface area contributed by atoms with Crippen LogP contribution in [-0.4, -0.2) is 45.7 Å². The molecule has 0 bridgehead atoms. The Bertz CT molecular complexity index is 1230. The van der Waals surface area contributed by atoms with E-state index >= 15 is 0 Å². The van der Waals surface area contributed by atoms with Gasteiger partial charge in [-0.15, -0.1) is 9.36 Å². The van der Waals surface area contributed by atoms with Gasteiger partial charge in [0, 0.05) is 47.8 Å². The average Bonchev–Trinajstić information content (AvgIpc) is 3.41. The van der Waals surface area contributed by atoms with Crippen LogP contribution in [0.15, 0.2) is 81.6 Å². The second kappa shape index (κ2) is 10.0. The van der Waals surface area contributed by atoms with E-state index in [4.69, 9.17) is 0 Å². The fourth-order valence-electron chi connectivity index (χ4n) is 4.13. The van der Waals surface area contributed by atoms with Gasteiger partial charge in [0.1, 0.15) is 0 Å². The van der Waals surface area contributed by atoms with Crippen LogP contribution in [-0.2, 0) is 28.2 Å². The van der Waals surface area contributed by atoms with Gasteiger partial charge in [0.15, 0.2) is 0 Å². The van der Waals surface area contributed by atoms with Crippen LogP contribution in [0.2, 0.25) is 0 Å². The summed E-state index contributed by atoms with van der Waals surface area (Å²) in [6.07, 6.45) is 3.42. The van der Waals surface area contributed by atoms with Gasteiger partial charge < -0.3 is 9.80 Å². The van der Waals surface area contributed by atoms with E-state index in [0.717, 1.165) is 37.6 Å². The quantitative estimate of drug-likeness (QED) is 0.309. The van der Waals surface area contributed by atoms with E-state index in [0.29, 0.717) is 11.9 Å². The number of benzene rings is 2. The molecule has 3 heterocycles. The van der Waals surface area contributed by atoms with E-state index in [2.05, 4.69) is 64.7 Å². The van der Waals surface area contributed by atoms with Crippen LogP contribution in [0.5, 0.6) is 0 Å². The highest BCUT2D eigenvalue weighted by atomic mass is 15.4. The summed E-state index contributed by atoms with van der Waals surface area (Å²) in [5, 5.41) is 25.6. The van der Waals surface area contributed by atoms with Crippen molar-refractivity contribution in [1.29, 1.82) is 0 Å². The van der Waals surface area contributed by atoms with Crippen molar-refractivity contribution in [1.82, 2.24) is 19.6 Å². The summed E-state index contributed by atoms with van der Waals surface area (Å²) in [6, 6.07) is 16.4. The Kier molecular flexibility index (Phi) is 6.48. The molecule has 0 atom stereocenters. The summed E-state index contributed by atoms with van der Waals surface area (Å²) in [5.41, 5.74) is 4.01. The molecule has 0 N–H and O–H groups in total. The third kappa shape index (κ3) is 4.97. The van der Waals surface area contributed by atoms with Gasteiger partial charge in [-0.25, -0.2) is 9.13 Å². The summed E-state index contributed by atoms with van der Waals surface area (Å²) in [7, 11) is 7.49. The molecule has 1 saturated heterocycles. The summed E-state index contributed by atoms with van der Waals surface area (Å²) in [5.74, 6) is 1.38. The van der Waals surface area contributed by atoms with Crippen molar-refractivity contribution >= 4 is 34.6 Å². The number of rotatable bonds is 6. The SMILES string of the molecule is Cn1nc[n+](C)c1/N=N/c1ccc(N2CCN(c3ccc(/N=N/c4n(C)nc[n+]4C)cc3)CC2)cc1. The highest BCUT2D eigenvalue weighted by molar-refractivity contribution is 5.56. The van der Waals surface area contributed by atoms with Gasteiger partial charge in [-0.05, 0) is 58.7 Å². The van der Waals surface area contributed by atoms with Crippen LogP contribution in [0.1, 0.15) is 0 Å². The van der Waals surface area contributed by atoms with E-state index < -0.39 is 0 Å². The molecular formula is C24H30N12+2. The standard InChI is InChI=1S/C24H30N12/c1-31-17-25-33(3)23(31)29-27-19-5-9-21(10-6-19)35-13-15-36(16-14-35)22-11-7-20(8-12-22)28-30-24-32(2)18-26-34(24)4/h5-12,17-18H,13-16H2,1-4H3/q+2. The molecule has 12 nitrogen and oxygen atoms in total. The molecule has 0 radical (unpaired) electrons. The lowest BCUT2D eigenvalue weighted by Gasteiger charge is -2.37. The Hall–Kier alpha value is -4.48. The number of nitrogens with zero attached hydrogens (tertiary/aromatic N) is 12. The van der Waals surface area contributed by atoms with E-state index in [-0.39, 0.29) is 0 Å². The average molecular weight is 487 g/mol. The van der Waals surface area contributed by atoms with Gasteiger partial charge in [0.2, 0.25) is 12.7 Å². The molecule has 0 spiro atoms. The molecule has 12 heteroatoms. The van der Waals surface area contributed by atoms with Crippen molar-refractivity contribution in [3.63, 3.8) is 0 Å². The summed E-state index contributed by atoms with van der Waals surface area (Å²) < 4.78 is 7.05. The van der Waals surface area contributed by atoms with Crippen molar-refractivity contribution < 1.29 is 9.13 Å². The molecule has 2 aromatic carbocycles. The predicted molar refractivity (Wildman–Crippen MR) is 134 cm³/mol. The highest BCUT2D eigenvalue weighted by Crippen LogP contribution is 2.25. The van der Waals surface area contributed by atoms with Gasteiger partial charge in [-0.3, -0.25) is 0 Å². The van der Waals surface area contributed by atoms with Crippen LogP contribution in [0.3, 0.4) is 0 Å². The van der Waals surface area contributed by atoms with Crippen LogP contribution >= 0.6 is 0 Å². The number of aromatic nitrogens is 6. The van der Waals surface area contributed by atoms with E-state index in [1.54, 1.807) is 22.0 Å². The van der Waals surface area contributed by atoms with Crippen molar-refractivity contribution in [2.24, 2.45) is 48.6 Å². The Morgan fingerprint density at radius 1 is 0.583 bits per heavy atom. The maximum Gasteiger partial charge on any atom is 0.403 e. The van der Waals surface area contributed by atoms with Crippen molar-refractivity contribution in [2.75, 3.05) is 36.0 Å². The minimum Gasteiger partial charge on any atom is -0.368 e. The van der Waals surface area contributed by atoms with Crippen molar-refractivity contribution in [2.45, 2.75) is 0 Å².